The maximum absolute atomic E-state index is 14.0. The van der Waals surface area contributed by atoms with Crippen LogP contribution in [-0.2, 0) is 26.2 Å². The smallest absolute Gasteiger partial charge is 0.264 e. The molecule has 0 radical (unpaired) electrons. The van der Waals surface area contributed by atoms with Crippen molar-refractivity contribution in [2.45, 2.75) is 57.6 Å². The second-order valence-corrected chi connectivity index (χ2v) is 12.6. The molecule has 1 N–H and O–H groups in total. The number of amides is 2. The first-order valence-corrected chi connectivity index (χ1v) is 15.3. The molecule has 214 valence electrons. The molecule has 0 saturated carbocycles. The van der Waals surface area contributed by atoms with Crippen LogP contribution in [0.25, 0.3) is 0 Å². The van der Waals surface area contributed by atoms with E-state index >= 15 is 0 Å². The monoisotopic (exact) mass is 623 g/mol. The van der Waals surface area contributed by atoms with E-state index in [1.54, 1.807) is 62.4 Å². The van der Waals surface area contributed by atoms with Gasteiger partial charge in [0.05, 0.1) is 20.6 Å². The van der Waals surface area contributed by atoms with Crippen LogP contribution in [-0.4, -0.2) is 43.8 Å². The maximum Gasteiger partial charge on any atom is 0.264 e. The van der Waals surface area contributed by atoms with Crippen molar-refractivity contribution in [2.24, 2.45) is 0 Å². The third-order valence-corrected chi connectivity index (χ3v) is 9.49. The fourth-order valence-electron chi connectivity index (χ4n) is 3.87. The Balaban J connectivity index is 2.05. The van der Waals surface area contributed by atoms with Crippen LogP contribution in [0, 0.1) is 6.92 Å². The number of aryl methyl sites for hydroxylation is 1. The number of nitrogens with one attached hydrogen (secondary N) is 1. The number of benzene rings is 3. The molecule has 0 heterocycles. The number of sulfonamides is 1. The number of carbonyl (C=O) groups excluding carboxylic acids is 2. The van der Waals surface area contributed by atoms with Gasteiger partial charge in [0.25, 0.3) is 10.0 Å². The average molecular weight is 625 g/mol. The molecule has 3 aromatic rings. The second-order valence-electron chi connectivity index (χ2n) is 9.52. The van der Waals surface area contributed by atoms with Gasteiger partial charge in [-0.15, -0.1) is 0 Å². The van der Waals surface area contributed by atoms with Gasteiger partial charge in [-0.05, 0) is 74.7 Å². The van der Waals surface area contributed by atoms with Crippen LogP contribution in [0.4, 0.5) is 5.69 Å². The van der Waals surface area contributed by atoms with Crippen LogP contribution < -0.4 is 9.62 Å². The first-order chi connectivity index (χ1) is 18.8. The minimum absolute atomic E-state index is 0.00130. The molecule has 40 heavy (non-hydrogen) atoms. The number of hydrogen-bond acceptors (Lipinski definition) is 4. The Morgan fingerprint density at radius 3 is 2.17 bits per heavy atom. The molecular formula is C29H32Cl3N3O4S. The van der Waals surface area contributed by atoms with Gasteiger partial charge in [-0.3, -0.25) is 13.9 Å². The Morgan fingerprint density at radius 1 is 0.900 bits per heavy atom. The summed E-state index contributed by atoms with van der Waals surface area (Å²) in [5.41, 5.74) is 1.60. The minimum atomic E-state index is -4.18. The summed E-state index contributed by atoms with van der Waals surface area (Å²) in [4.78, 5) is 28.4. The number of rotatable bonds is 11. The van der Waals surface area contributed by atoms with Gasteiger partial charge in [0.1, 0.15) is 12.6 Å². The van der Waals surface area contributed by atoms with Crippen molar-refractivity contribution < 1.29 is 18.0 Å². The highest BCUT2D eigenvalue weighted by atomic mass is 35.5. The van der Waals surface area contributed by atoms with Gasteiger partial charge in [-0.2, -0.15) is 0 Å². The summed E-state index contributed by atoms with van der Waals surface area (Å²) >= 11 is 18.6. The maximum atomic E-state index is 14.0. The van der Waals surface area contributed by atoms with Gasteiger partial charge < -0.3 is 10.2 Å². The summed E-state index contributed by atoms with van der Waals surface area (Å²) in [5.74, 6) is -0.951. The molecule has 0 aliphatic carbocycles. The fraction of sp³-hybridized carbons (Fsp3) is 0.310. The molecule has 0 aromatic heterocycles. The Labute approximate surface area is 251 Å². The molecule has 3 rings (SSSR count). The van der Waals surface area contributed by atoms with E-state index in [0.29, 0.717) is 27.1 Å². The molecule has 0 fully saturated rings. The lowest BCUT2D eigenvalue weighted by Crippen LogP contribution is -2.52. The number of carbonyl (C=O) groups is 2. The Morgan fingerprint density at radius 2 is 1.57 bits per heavy atom. The minimum Gasteiger partial charge on any atom is -0.352 e. The standard InChI is InChI=1S/C29H32Cl3N3O4S/c1-5-20(3)33-29(37)21(4)34(17-22-12-14-25(30)27(32)15-22)28(36)18-35(23-13-11-19(2)26(31)16-23)40(38,39)24-9-7-6-8-10-24/h6-16,20-21H,5,17-18H2,1-4H3,(H,33,37). The second kappa shape index (κ2) is 13.7. The topological polar surface area (TPSA) is 86.8 Å². The first kappa shape index (κ1) is 31.7. The van der Waals surface area contributed by atoms with Crippen molar-refractivity contribution in [3.63, 3.8) is 0 Å². The third kappa shape index (κ3) is 7.69. The number of anilines is 1. The van der Waals surface area contributed by atoms with Crippen molar-refractivity contribution in [1.82, 2.24) is 10.2 Å². The van der Waals surface area contributed by atoms with Gasteiger partial charge in [0, 0.05) is 17.6 Å². The van der Waals surface area contributed by atoms with Gasteiger partial charge in [0.2, 0.25) is 11.8 Å². The summed E-state index contributed by atoms with van der Waals surface area (Å²) in [7, 11) is -4.18. The summed E-state index contributed by atoms with van der Waals surface area (Å²) in [6.45, 7) is 6.63. The predicted molar refractivity (Wildman–Crippen MR) is 162 cm³/mol. The molecule has 0 saturated heterocycles. The van der Waals surface area contributed by atoms with Crippen LogP contribution in [0.1, 0.15) is 38.3 Å². The highest BCUT2D eigenvalue weighted by Gasteiger charge is 2.33. The number of nitrogens with zero attached hydrogens (tertiary/aromatic N) is 2. The van der Waals surface area contributed by atoms with Crippen LogP contribution in [0.2, 0.25) is 15.1 Å². The highest BCUT2D eigenvalue weighted by molar-refractivity contribution is 7.92. The molecule has 7 nitrogen and oxygen atoms in total. The van der Waals surface area contributed by atoms with E-state index in [9.17, 15) is 18.0 Å². The van der Waals surface area contributed by atoms with E-state index in [0.717, 1.165) is 9.87 Å². The molecule has 3 aromatic carbocycles. The lowest BCUT2D eigenvalue weighted by molar-refractivity contribution is -0.139. The fourth-order valence-corrected chi connectivity index (χ4v) is 5.79. The molecule has 0 aliphatic heterocycles. The largest absolute Gasteiger partial charge is 0.352 e. The van der Waals surface area contributed by atoms with E-state index in [1.165, 1.54) is 23.1 Å². The van der Waals surface area contributed by atoms with Gasteiger partial charge in [-0.1, -0.05) is 72.1 Å². The first-order valence-electron chi connectivity index (χ1n) is 12.7. The zero-order valence-electron chi connectivity index (χ0n) is 22.7. The summed E-state index contributed by atoms with van der Waals surface area (Å²) < 4.78 is 28.6. The third-order valence-electron chi connectivity index (χ3n) is 6.56. The molecule has 2 unspecified atom stereocenters. The molecule has 11 heteroatoms. The molecule has 2 amide bonds. The van der Waals surface area contributed by atoms with Crippen molar-refractivity contribution in [1.29, 1.82) is 0 Å². The van der Waals surface area contributed by atoms with Crippen LogP contribution in [0.15, 0.2) is 71.6 Å². The lowest BCUT2D eigenvalue weighted by Gasteiger charge is -2.32. The van der Waals surface area contributed by atoms with Gasteiger partial charge in [-0.25, -0.2) is 8.42 Å². The SMILES string of the molecule is CCC(C)NC(=O)C(C)N(Cc1ccc(Cl)c(Cl)c1)C(=O)CN(c1ccc(C)c(Cl)c1)S(=O)(=O)c1ccccc1. The quantitative estimate of drug-likeness (QED) is 0.265. The van der Waals surface area contributed by atoms with Crippen LogP contribution >= 0.6 is 34.8 Å². The van der Waals surface area contributed by atoms with E-state index in [-0.39, 0.29) is 29.1 Å². The Kier molecular flexibility index (Phi) is 10.9. The van der Waals surface area contributed by atoms with Crippen LogP contribution in [0.5, 0.6) is 0 Å². The predicted octanol–water partition coefficient (Wildman–Crippen LogP) is 6.48. The summed E-state index contributed by atoms with van der Waals surface area (Å²) in [6, 6.07) is 16.5. The Bertz CT molecular complexity index is 1470. The molecule has 0 spiro atoms. The molecule has 0 aliphatic rings. The molecule has 2 atom stereocenters. The van der Waals surface area contributed by atoms with Crippen molar-refractivity contribution >= 4 is 62.3 Å². The zero-order valence-corrected chi connectivity index (χ0v) is 25.8. The van der Waals surface area contributed by atoms with Gasteiger partial charge in [0.15, 0.2) is 0 Å². The van der Waals surface area contributed by atoms with E-state index in [2.05, 4.69) is 5.32 Å². The zero-order chi connectivity index (χ0) is 29.6. The highest BCUT2D eigenvalue weighted by Crippen LogP contribution is 2.29. The van der Waals surface area contributed by atoms with Gasteiger partial charge >= 0.3 is 0 Å². The van der Waals surface area contributed by atoms with Crippen molar-refractivity contribution in [3.8, 4) is 0 Å². The lowest BCUT2D eigenvalue weighted by atomic mass is 10.1. The number of halogens is 3. The van der Waals surface area contributed by atoms with Crippen LogP contribution in [0.3, 0.4) is 0 Å². The summed E-state index contributed by atoms with van der Waals surface area (Å²) in [5, 5.41) is 3.90. The van der Waals surface area contributed by atoms with E-state index in [4.69, 9.17) is 34.8 Å². The molecular weight excluding hydrogens is 593 g/mol. The normalized spacial score (nSPS) is 12.9. The van der Waals surface area contributed by atoms with E-state index < -0.39 is 28.5 Å². The average Bonchev–Trinajstić information content (AvgIpc) is 2.93. The van der Waals surface area contributed by atoms with Crippen molar-refractivity contribution in [3.05, 3.63) is 92.9 Å². The molecule has 0 bridgehead atoms. The van der Waals surface area contributed by atoms with Crippen molar-refractivity contribution in [2.75, 3.05) is 10.8 Å². The summed E-state index contributed by atoms with van der Waals surface area (Å²) in [6.07, 6.45) is 0.705. The van der Waals surface area contributed by atoms with E-state index in [1.807, 2.05) is 13.8 Å². The number of hydrogen-bond donors (Lipinski definition) is 1. The Hall–Kier alpha value is -2.78.